The number of nitrogens with one attached hydrogen (secondary N) is 1. The van der Waals surface area contributed by atoms with Crippen molar-refractivity contribution in [3.05, 3.63) is 59.4 Å². The van der Waals surface area contributed by atoms with Crippen LogP contribution >= 0.6 is 0 Å². The van der Waals surface area contributed by atoms with Crippen LogP contribution in [0, 0.1) is 19.7 Å². The highest BCUT2D eigenvalue weighted by Crippen LogP contribution is 2.29. The van der Waals surface area contributed by atoms with E-state index in [-0.39, 0.29) is 18.2 Å². The SMILES string of the molecule is Cc1cccc(N2C(=O)C[C@H](Nc3cccc(F)c3)C2=O)c1C. The molecule has 0 aromatic heterocycles. The van der Waals surface area contributed by atoms with Crippen molar-refractivity contribution in [3.63, 3.8) is 0 Å². The van der Waals surface area contributed by atoms with Crippen LogP contribution in [-0.2, 0) is 9.59 Å². The Morgan fingerprint density at radius 2 is 1.87 bits per heavy atom. The Morgan fingerprint density at radius 3 is 2.61 bits per heavy atom. The Bertz CT molecular complexity index is 788. The first-order valence-electron chi connectivity index (χ1n) is 7.42. The molecule has 1 saturated heterocycles. The summed E-state index contributed by atoms with van der Waals surface area (Å²) in [4.78, 5) is 26.1. The molecule has 2 amide bonds. The van der Waals surface area contributed by atoms with Crippen molar-refractivity contribution >= 4 is 23.2 Å². The summed E-state index contributed by atoms with van der Waals surface area (Å²) in [6, 6.07) is 10.7. The second-order valence-electron chi connectivity index (χ2n) is 5.70. The van der Waals surface area contributed by atoms with Gasteiger partial charge in [0.1, 0.15) is 11.9 Å². The molecule has 0 spiro atoms. The van der Waals surface area contributed by atoms with Gasteiger partial charge in [-0.25, -0.2) is 9.29 Å². The number of rotatable bonds is 3. The average molecular weight is 312 g/mol. The summed E-state index contributed by atoms with van der Waals surface area (Å²) < 4.78 is 13.3. The first-order valence-corrected chi connectivity index (χ1v) is 7.42. The molecule has 0 radical (unpaired) electrons. The first kappa shape index (κ1) is 15.2. The minimum Gasteiger partial charge on any atom is -0.373 e. The zero-order valence-corrected chi connectivity index (χ0v) is 13.0. The lowest BCUT2D eigenvalue weighted by Crippen LogP contribution is -2.35. The van der Waals surface area contributed by atoms with Crippen LogP contribution in [0.2, 0.25) is 0 Å². The summed E-state index contributed by atoms with van der Waals surface area (Å²) in [7, 11) is 0. The molecular weight excluding hydrogens is 295 g/mol. The van der Waals surface area contributed by atoms with Gasteiger partial charge in [-0.3, -0.25) is 9.59 Å². The molecule has 1 fully saturated rings. The number of anilines is 2. The topological polar surface area (TPSA) is 49.4 Å². The van der Waals surface area contributed by atoms with Gasteiger partial charge in [0.15, 0.2) is 0 Å². The van der Waals surface area contributed by atoms with Crippen molar-refractivity contribution in [2.75, 3.05) is 10.2 Å². The lowest BCUT2D eigenvalue weighted by molar-refractivity contribution is -0.121. The summed E-state index contributed by atoms with van der Waals surface area (Å²) in [6.45, 7) is 3.82. The van der Waals surface area contributed by atoms with Gasteiger partial charge in [-0.1, -0.05) is 18.2 Å². The Kier molecular flexibility index (Phi) is 3.86. The smallest absolute Gasteiger partial charge is 0.256 e. The fraction of sp³-hybridized carbons (Fsp3) is 0.222. The van der Waals surface area contributed by atoms with Crippen molar-refractivity contribution in [1.29, 1.82) is 0 Å². The molecule has 1 heterocycles. The third-order valence-corrected chi connectivity index (χ3v) is 4.13. The number of hydrogen-bond donors (Lipinski definition) is 1. The van der Waals surface area contributed by atoms with Gasteiger partial charge in [-0.05, 0) is 49.2 Å². The van der Waals surface area contributed by atoms with Gasteiger partial charge in [0.2, 0.25) is 5.91 Å². The Hall–Kier alpha value is -2.69. The Balaban J connectivity index is 1.87. The second kappa shape index (κ2) is 5.83. The molecule has 1 aliphatic heterocycles. The minimum atomic E-state index is -0.677. The average Bonchev–Trinajstić information content (AvgIpc) is 2.77. The van der Waals surface area contributed by atoms with E-state index in [0.717, 1.165) is 11.1 Å². The number of hydrogen-bond acceptors (Lipinski definition) is 3. The number of amides is 2. The predicted octanol–water partition coefficient (Wildman–Crippen LogP) is 3.19. The van der Waals surface area contributed by atoms with E-state index in [4.69, 9.17) is 0 Å². The van der Waals surface area contributed by atoms with Gasteiger partial charge in [0.05, 0.1) is 12.1 Å². The highest BCUT2D eigenvalue weighted by Gasteiger charge is 2.40. The Morgan fingerprint density at radius 1 is 1.13 bits per heavy atom. The van der Waals surface area contributed by atoms with Gasteiger partial charge < -0.3 is 5.32 Å². The molecule has 0 bridgehead atoms. The fourth-order valence-corrected chi connectivity index (χ4v) is 2.76. The maximum atomic E-state index is 13.3. The lowest BCUT2D eigenvalue weighted by atomic mass is 10.1. The van der Waals surface area contributed by atoms with Crippen LogP contribution in [0.4, 0.5) is 15.8 Å². The number of aryl methyl sites for hydroxylation is 1. The maximum Gasteiger partial charge on any atom is 0.256 e. The number of halogens is 1. The van der Waals surface area contributed by atoms with E-state index < -0.39 is 11.9 Å². The van der Waals surface area contributed by atoms with E-state index in [2.05, 4.69) is 5.32 Å². The summed E-state index contributed by atoms with van der Waals surface area (Å²) in [6.07, 6.45) is 0.0583. The van der Waals surface area contributed by atoms with Crippen molar-refractivity contribution in [2.45, 2.75) is 26.3 Å². The summed E-state index contributed by atoms with van der Waals surface area (Å²) in [5.41, 5.74) is 3.02. The Labute approximate surface area is 133 Å². The van der Waals surface area contributed by atoms with Crippen molar-refractivity contribution < 1.29 is 14.0 Å². The fourth-order valence-electron chi connectivity index (χ4n) is 2.76. The third-order valence-electron chi connectivity index (χ3n) is 4.13. The number of carbonyl (C=O) groups excluding carboxylic acids is 2. The van der Waals surface area contributed by atoms with E-state index in [1.807, 2.05) is 26.0 Å². The van der Waals surface area contributed by atoms with Gasteiger partial charge in [0.25, 0.3) is 5.91 Å². The normalized spacial score (nSPS) is 17.7. The molecule has 4 nitrogen and oxygen atoms in total. The molecule has 0 aliphatic carbocycles. The molecule has 3 rings (SSSR count). The number of carbonyl (C=O) groups is 2. The molecule has 1 N–H and O–H groups in total. The van der Waals surface area contributed by atoms with Crippen LogP contribution in [0.3, 0.4) is 0 Å². The molecule has 1 atom stereocenters. The maximum absolute atomic E-state index is 13.3. The van der Waals surface area contributed by atoms with E-state index in [9.17, 15) is 14.0 Å². The zero-order chi connectivity index (χ0) is 16.6. The quantitative estimate of drug-likeness (QED) is 0.886. The predicted molar refractivity (Wildman–Crippen MR) is 86.8 cm³/mol. The molecular formula is C18H17FN2O2. The third kappa shape index (κ3) is 2.82. The van der Waals surface area contributed by atoms with Crippen LogP contribution in [-0.4, -0.2) is 17.9 Å². The number of benzene rings is 2. The molecule has 2 aromatic carbocycles. The van der Waals surface area contributed by atoms with Gasteiger partial charge in [0, 0.05) is 5.69 Å². The molecule has 2 aromatic rings. The van der Waals surface area contributed by atoms with E-state index in [1.54, 1.807) is 18.2 Å². The van der Waals surface area contributed by atoms with Gasteiger partial charge in [-0.2, -0.15) is 0 Å². The zero-order valence-electron chi connectivity index (χ0n) is 13.0. The van der Waals surface area contributed by atoms with E-state index in [1.165, 1.54) is 17.0 Å². The number of nitrogens with zero attached hydrogens (tertiary/aromatic N) is 1. The van der Waals surface area contributed by atoms with Crippen LogP contribution in [0.15, 0.2) is 42.5 Å². The molecule has 1 aliphatic rings. The van der Waals surface area contributed by atoms with Crippen molar-refractivity contribution in [3.8, 4) is 0 Å². The van der Waals surface area contributed by atoms with Crippen molar-refractivity contribution in [1.82, 2.24) is 0 Å². The van der Waals surface area contributed by atoms with E-state index in [0.29, 0.717) is 11.4 Å². The molecule has 0 unspecified atom stereocenters. The monoisotopic (exact) mass is 312 g/mol. The lowest BCUT2D eigenvalue weighted by Gasteiger charge is -2.19. The molecule has 0 saturated carbocycles. The molecule has 118 valence electrons. The molecule has 23 heavy (non-hydrogen) atoms. The second-order valence-corrected chi connectivity index (χ2v) is 5.70. The van der Waals surface area contributed by atoms with Crippen LogP contribution in [0.25, 0.3) is 0 Å². The standard InChI is InChI=1S/C18H17FN2O2/c1-11-5-3-8-16(12(11)2)21-17(22)10-15(18(21)23)20-14-7-4-6-13(19)9-14/h3-9,15,20H,10H2,1-2H3/t15-/m0/s1. The highest BCUT2D eigenvalue weighted by atomic mass is 19.1. The van der Waals surface area contributed by atoms with Crippen molar-refractivity contribution in [2.24, 2.45) is 0 Å². The number of imide groups is 1. The highest BCUT2D eigenvalue weighted by molar-refractivity contribution is 6.23. The van der Waals surface area contributed by atoms with Crippen LogP contribution in [0.1, 0.15) is 17.5 Å². The summed E-state index contributed by atoms with van der Waals surface area (Å²) in [5.74, 6) is -0.955. The summed E-state index contributed by atoms with van der Waals surface area (Å²) in [5, 5.41) is 2.94. The van der Waals surface area contributed by atoms with Gasteiger partial charge >= 0.3 is 0 Å². The largest absolute Gasteiger partial charge is 0.373 e. The first-order chi connectivity index (χ1) is 11.0. The summed E-state index contributed by atoms with van der Waals surface area (Å²) >= 11 is 0. The van der Waals surface area contributed by atoms with Crippen LogP contribution < -0.4 is 10.2 Å². The van der Waals surface area contributed by atoms with Gasteiger partial charge in [-0.15, -0.1) is 0 Å². The molecule has 5 heteroatoms. The minimum absolute atomic E-state index is 0.0583. The van der Waals surface area contributed by atoms with E-state index >= 15 is 0 Å². The van der Waals surface area contributed by atoms with Crippen LogP contribution in [0.5, 0.6) is 0 Å².